The molecule has 0 fully saturated rings. The summed E-state index contributed by atoms with van der Waals surface area (Å²) in [6.07, 6.45) is 0. The van der Waals surface area contributed by atoms with Gasteiger partial charge in [0.25, 0.3) is 0 Å². The molecule has 0 aromatic heterocycles. The van der Waals surface area contributed by atoms with E-state index < -0.39 is 3.42 Å². The number of alkyl halides is 2. The maximum atomic E-state index is 9.19. The highest BCUT2D eigenvalue weighted by molar-refractivity contribution is 9.25. The van der Waals surface area contributed by atoms with Gasteiger partial charge in [-0.05, 0) is 31.9 Å². The number of aliphatic hydroxyl groups is 1. The third-order valence-corrected chi connectivity index (χ3v) is 3.28. The Labute approximate surface area is 66.7 Å². The van der Waals surface area contributed by atoms with Crippen molar-refractivity contribution >= 4 is 31.9 Å². The molecule has 0 aliphatic heterocycles. The zero-order valence-corrected chi connectivity index (χ0v) is 8.38. The third kappa shape index (κ3) is 2.46. The van der Waals surface area contributed by atoms with Crippen LogP contribution in [0.25, 0.3) is 0 Å². The Bertz CT molecular complexity index is 65.4. The van der Waals surface area contributed by atoms with Crippen LogP contribution in [0.5, 0.6) is 0 Å². The normalized spacial score (nSPS) is 14.2. The summed E-state index contributed by atoms with van der Waals surface area (Å²) in [5, 5.41) is 9.19. The Kier molecular flexibility index (Phi) is 2.53. The van der Waals surface area contributed by atoms with E-state index in [2.05, 4.69) is 31.9 Å². The van der Waals surface area contributed by atoms with Crippen LogP contribution in [0.4, 0.5) is 0 Å². The highest BCUT2D eigenvalue weighted by Gasteiger charge is 2.34. The van der Waals surface area contributed by atoms with Gasteiger partial charge >= 0.3 is 0 Å². The van der Waals surface area contributed by atoms with E-state index in [1.54, 1.807) is 0 Å². The van der Waals surface area contributed by atoms with E-state index in [-0.39, 0.29) is 5.41 Å². The molecule has 0 aliphatic rings. The molecule has 0 aromatic rings. The molecule has 0 spiro atoms. The number of halogens is 2. The van der Waals surface area contributed by atoms with Crippen LogP contribution in [-0.4, -0.2) is 8.53 Å². The fraction of sp³-hybridized carbons (Fsp3) is 1.00. The van der Waals surface area contributed by atoms with Crippen LogP contribution in [0, 0.1) is 5.41 Å². The molecule has 1 nitrogen and oxygen atoms in total. The minimum atomic E-state index is -0.938. The largest absolute Gasteiger partial charge is 0.369 e. The molecule has 1 N–H and O–H groups in total. The van der Waals surface area contributed by atoms with E-state index in [9.17, 15) is 5.11 Å². The average Bonchev–Trinajstić information content (AvgIpc) is 1.25. The summed E-state index contributed by atoms with van der Waals surface area (Å²) in [4.78, 5) is 0. The van der Waals surface area contributed by atoms with Gasteiger partial charge in [0, 0.05) is 5.41 Å². The first-order valence-corrected chi connectivity index (χ1v) is 3.94. The van der Waals surface area contributed by atoms with Gasteiger partial charge in [-0.15, -0.1) is 0 Å². The van der Waals surface area contributed by atoms with Crippen molar-refractivity contribution < 1.29 is 5.11 Å². The minimum Gasteiger partial charge on any atom is -0.369 e. The predicted molar refractivity (Wildman–Crippen MR) is 42.3 cm³/mol. The van der Waals surface area contributed by atoms with E-state index in [1.807, 2.05) is 20.8 Å². The van der Waals surface area contributed by atoms with Crippen LogP contribution in [-0.2, 0) is 0 Å². The lowest BCUT2D eigenvalue weighted by Gasteiger charge is -2.28. The van der Waals surface area contributed by atoms with E-state index in [4.69, 9.17) is 0 Å². The van der Waals surface area contributed by atoms with Gasteiger partial charge in [0.05, 0.1) is 0 Å². The Hall–Kier alpha value is 0.920. The number of hydrogen-bond acceptors (Lipinski definition) is 1. The maximum Gasteiger partial charge on any atom is 0.179 e. The topological polar surface area (TPSA) is 20.2 Å². The van der Waals surface area contributed by atoms with Gasteiger partial charge in [0.15, 0.2) is 3.42 Å². The van der Waals surface area contributed by atoms with Crippen molar-refractivity contribution in [3.8, 4) is 0 Å². The van der Waals surface area contributed by atoms with Crippen molar-refractivity contribution in [2.75, 3.05) is 0 Å². The van der Waals surface area contributed by atoms with Crippen LogP contribution in [0.3, 0.4) is 0 Å². The van der Waals surface area contributed by atoms with Gasteiger partial charge in [-0.3, -0.25) is 0 Å². The Morgan fingerprint density at radius 1 is 1.12 bits per heavy atom. The molecular weight excluding hydrogens is 236 g/mol. The van der Waals surface area contributed by atoms with Crippen molar-refractivity contribution in [1.29, 1.82) is 0 Å². The standard InChI is InChI=1S/C5H10Br2O/c1-4(2,3)5(6,7)8/h8H,1-3H3. The maximum absolute atomic E-state index is 9.19. The van der Waals surface area contributed by atoms with E-state index >= 15 is 0 Å². The quantitative estimate of drug-likeness (QED) is 0.651. The van der Waals surface area contributed by atoms with Crippen LogP contribution >= 0.6 is 31.9 Å². The summed E-state index contributed by atoms with van der Waals surface area (Å²) in [6.45, 7) is 5.78. The van der Waals surface area contributed by atoms with Crippen molar-refractivity contribution in [1.82, 2.24) is 0 Å². The molecule has 0 bridgehead atoms. The predicted octanol–water partition coefficient (Wildman–Crippen LogP) is 2.47. The number of hydrogen-bond donors (Lipinski definition) is 1. The summed E-state index contributed by atoms with van der Waals surface area (Å²) < 4.78 is -0.938. The van der Waals surface area contributed by atoms with Crippen molar-refractivity contribution in [2.24, 2.45) is 5.41 Å². The molecule has 0 saturated carbocycles. The lowest BCUT2D eigenvalue weighted by atomic mass is 9.99. The molecule has 0 unspecified atom stereocenters. The Morgan fingerprint density at radius 2 is 1.25 bits per heavy atom. The molecule has 0 rings (SSSR count). The van der Waals surface area contributed by atoms with Crippen molar-refractivity contribution in [3.05, 3.63) is 0 Å². The monoisotopic (exact) mass is 244 g/mol. The van der Waals surface area contributed by atoms with E-state index in [0.29, 0.717) is 0 Å². The van der Waals surface area contributed by atoms with E-state index in [1.165, 1.54) is 0 Å². The van der Waals surface area contributed by atoms with Crippen molar-refractivity contribution in [2.45, 2.75) is 24.2 Å². The molecule has 3 heteroatoms. The minimum absolute atomic E-state index is 0.174. The second kappa shape index (κ2) is 2.27. The molecule has 0 atom stereocenters. The lowest BCUT2D eigenvalue weighted by Crippen LogP contribution is -2.29. The summed E-state index contributed by atoms with van der Waals surface area (Å²) in [6, 6.07) is 0. The smallest absolute Gasteiger partial charge is 0.179 e. The van der Waals surface area contributed by atoms with Crippen LogP contribution in [0.2, 0.25) is 0 Å². The van der Waals surface area contributed by atoms with Crippen LogP contribution < -0.4 is 0 Å². The van der Waals surface area contributed by atoms with Gasteiger partial charge < -0.3 is 5.11 Å². The lowest BCUT2D eigenvalue weighted by molar-refractivity contribution is 0.124. The molecule has 0 aliphatic carbocycles. The molecule has 0 aromatic carbocycles. The average molecular weight is 246 g/mol. The molecule has 0 saturated heterocycles. The Balaban J connectivity index is 4.02. The van der Waals surface area contributed by atoms with Gasteiger partial charge in [0.2, 0.25) is 0 Å². The fourth-order valence-corrected chi connectivity index (χ4v) is 0. The fourth-order valence-electron chi connectivity index (χ4n) is 0. The highest BCUT2D eigenvalue weighted by Crippen LogP contribution is 2.40. The number of rotatable bonds is 0. The first kappa shape index (κ1) is 8.92. The first-order chi connectivity index (χ1) is 3.25. The summed E-state index contributed by atoms with van der Waals surface area (Å²) in [7, 11) is 0. The molecule has 0 radical (unpaired) electrons. The second-order valence-corrected chi connectivity index (χ2v) is 6.15. The van der Waals surface area contributed by atoms with Gasteiger partial charge in [-0.1, -0.05) is 20.8 Å². The summed E-state index contributed by atoms with van der Waals surface area (Å²) in [5.41, 5.74) is -0.174. The van der Waals surface area contributed by atoms with Gasteiger partial charge in [-0.2, -0.15) is 0 Å². The van der Waals surface area contributed by atoms with E-state index in [0.717, 1.165) is 0 Å². The molecular formula is C5H10Br2O. The summed E-state index contributed by atoms with van der Waals surface area (Å²) in [5.74, 6) is 0. The molecule has 50 valence electrons. The summed E-state index contributed by atoms with van der Waals surface area (Å²) >= 11 is 6.14. The zero-order valence-electron chi connectivity index (χ0n) is 5.20. The zero-order chi connectivity index (χ0) is 7.00. The SMILES string of the molecule is CC(C)(C)C(O)(Br)Br. The van der Waals surface area contributed by atoms with Gasteiger partial charge in [0.1, 0.15) is 0 Å². The van der Waals surface area contributed by atoms with Gasteiger partial charge in [-0.25, -0.2) is 0 Å². The second-order valence-electron chi connectivity index (χ2n) is 2.79. The first-order valence-electron chi connectivity index (χ1n) is 2.35. The highest BCUT2D eigenvalue weighted by atomic mass is 79.9. The molecule has 0 amide bonds. The van der Waals surface area contributed by atoms with Crippen LogP contribution in [0.15, 0.2) is 0 Å². The molecule has 8 heavy (non-hydrogen) atoms. The Morgan fingerprint density at radius 3 is 1.25 bits per heavy atom. The molecule has 0 heterocycles. The van der Waals surface area contributed by atoms with Crippen molar-refractivity contribution in [3.63, 3.8) is 0 Å². The van der Waals surface area contributed by atoms with Crippen LogP contribution in [0.1, 0.15) is 20.8 Å². The third-order valence-electron chi connectivity index (χ3n) is 0.902.